The Morgan fingerprint density at radius 2 is 0.222 bits per heavy atom. The third-order valence-corrected chi connectivity index (χ3v) is 29.4. The van der Waals surface area contributed by atoms with Crippen molar-refractivity contribution in [1.29, 1.82) is 0 Å². The first-order chi connectivity index (χ1) is 71.4. The summed E-state index contributed by atoms with van der Waals surface area (Å²) in [6.45, 7) is 0. The lowest BCUT2D eigenvalue weighted by molar-refractivity contribution is 1.58. The SMILES string of the molecule is c1ccc(-c2cc(-c3ccccc3)cc(-c3c4ccccc4c(-c4ccc5ccccc5c4)c4cc(-c5ccc6ccccc6c5)ccc34)c2)cc1.c1ccc(-c2ccc(-c3c4ccccc4c(-c4ccc5ccccc5c4)c4cc(-c5ccc6ccccc6c5)ccc34)cc2)cc1.c1ccc(-c2cccc(-c3c4ccccc4c(-c4ccc5ccccc5c4)c4cc(-c5ccc6ccccc6c5)ccc34)c2)cc1. The zero-order valence-corrected chi connectivity index (χ0v) is 79.3. The van der Waals surface area contributed by atoms with E-state index in [1.807, 2.05) is 0 Å². The molecule has 28 aromatic rings. The van der Waals surface area contributed by atoms with Gasteiger partial charge in [0.05, 0.1) is 0 Å². The molecule has 0 amide bonds. The minimum absolute atomic E-state index is 1.21. The minimum Gasteiger partial charge on any atom is -0.0622 e. The van der Waals surface area contributed by atoms with Gasteiger partial charge in [0.15, 0.2) is 0 Å². The second kappa shape index (κ2) is 37.2. The summed E-state index contributed by atoms with van der Waals surface area (Å²) in [5.41, 5.74) is 32.1. The molecule has 0 unspecified atom stereocenters. The van der Waals surface area contributed by atoms with Crippen LogP contribution in [-0.2, 0) is 0 Å². The zero-order chi connectivity index (χ0) is 95.3. The van der Waals surface area contributed by atoms with Gasteiger partial charge in [-0.05, 0) is 353 Å². The summed E-state index contributed by atoms with van der Waals surface area (Å²) in [7, 11) is 0. The molecule has 0 atom stereocenters. The smallest absolute Gasteiger partial charge is 0.00259 e. The summed E-state index contributed by atoms with van der Waals surface area (Å²) < 4.78 is 0. The zero-order valence-electron chi connectivity index (χ0n) is 79.3. The molecule has 0 nitrogen and oxygen atoms in total. The molecule has 28 rings (SSSR count). The van der Waals surface area contributed by atoms with E-state index < -0.39 is 0 Å². The first-order valence-corrected chi connectivity index (χ1v) is 49.9. The summed E-state index contributed by atoms with van der Waals surface area (Å²) in [6.07, 6.45) is 0. The highest BCUT2D eigenvalue weighted by Crippen LogP contribution is 2.52. The van der Waals surface area contributed by atoms with E-state index in [0.29, 0.717) is 0 Å². The first kappa shape index (κ1) is 85.7. The van der Waals surface area contributed by atoms with Crippen LogP contribution in [0.2, 0.25) is 0 Å². The van der Waals surface area contributed by atoms with Gasteiger partial charge in [0.1, 0.15) is 0 Å². The van der Waals surface area contributed by atoms with Crippen molar-refractivity contribution < 1.29 is 0 Å². The fraction of sp³-hybridized carbons (Fsp3) is 0. The fourth-order valence-corrected chi connectivity index (χ4v) is 22.4. The van der Waals surface area contributed by atoms with Gasteiger partial charge in [0, 0.05) is 0 Å². The molecule has 0 fully saturated rings. The lowest BCUT2D eigenvalue weighted by Gasteiger charge is -2.20. The maximum absolute atomic E-state index is 2.43. The Labute approximate surface area is 837 Å². The molecule has 0 radical (unpaired) electrons. The largest absolute Gasteiger partial charge is 0.0622 e. The van der Waals surface area contributed by atoms with Crippen molar-refractivity contribution in [2.24, 2.45) is 0 Å². The molecule has 0 heteroatoms. The molecule has 0 aromatic heterocycles. The van der Waals surface area contributed by atoms with Gasteiger partial charge in [0.2, 0.25) is 0 Å². The lowest BCUT2D eigenvalue weighted by atomic mass is 9.83. The van der Waals surface area contributed by atoms with Crippen LogP contribution in [0.15, 0.2) is 570 Å². The van der Waals surface area contributed by atoms with Crippen LogP contribution in [0.1, 0.15) is 0 Å². The molecule has 0 spiro atoms. The van der Waals surface area contributed by atoms with E-state index in [0.717, 1.165) is 0 Å². The van der Waals surface area contributed by atoms with Crippen LogP contribution in [-0.4, -0.2) is 0 Å². The summed E-state index contributed by atoms with van der Waals surface area (Å²) in [5, 5.41) is 30.2. The maximum Gasteiger partial charge on any atom is -0.00259 e. The Hall–Kier alpha value is -18.7. The topological polar surface area (TPSA) is 0 Å². The molecule has 0 saturated carbocycles. The Balaban J connectivity index is 0.000000110. The number of hydrogen-bond donors (Lipinski definition) is 0. The van der Waals surface area contributed by atoms with E-state index in [2.05, 4.69) is 570 Å². The van der Waals surface area contributed by atoms with E-state index in [4.69, 9.17) is 0 Å². The predicted molar refractivity (Wildman–Crippen MR) is 620 cm³/mol. The minimum atomic E-state index is 1.21. The number of hydrogen-bond acceptors (Lipinski definition) is 0. The van der Waals surface area contributed by atoms with Crippen LogP contribution in [0.5, 0.6) is 0 Å². The highest BCUT2D eigenvalue weighted by Gasteiger charge is 2.25. The molecular weight excluding hydrogens is 1730 g/mol. The van der Waals surface area contributed by atoms with Crippen LogP contribution in [0.3, 0.4) is 0 Å². The summed E-state index contributed by atoms with van der Waals surface area (Å²) in [4.78, 5) is 0. The Kier molecular flexibility index (Phi) is 22.1. The van der Waals surface area contributed by atoms with Crippen molar-refractivity contribution in [1.82, 2.24) is 0 Å². The Morgan fingerprint density at radius 3 is 0.535 bits per heavy atom. The van der Waals surface area contributed by atoms with Crippen LogP contribution < -0.4 is 0 Å². The van der Waals surface area contributed by atoms with Crippen molar-refractivity contribution in [2.45, 2.75) is 0 Å². The van der Waals surface area contributed by atoms with E-state index >= 15 is 0 Å². The monoisotopic (exact) mass is 1820 g/mol. The van der Waals surface area contributed by atoms with Crippen molar-refractivity contribution in [3.8, 4) is 145 Å². The molecule has 0 N–H and O–H groups in total. The van der Waals surface area contributed by atoms with Gasteiger partial charge >= 0.3 is 0 Å². The highest BCUT2D eigenvalue weighted by molar-refractivity contribution is 6.26. The molecule has 28 aromatic carbocycles. The molecule has 0 aliphatic rings. The van der Waals surface area contributed by atoms with Gasteiger partial charge in [-0.2, -0.15) is 0 Å². The van der Waals surface area contributed by atoms with Crippen molar-refractivity contribution in [2.75, 3.05) is 0 Å². The average Bonchev–Trinajstić information content (AvgIpc) is 0.735. The van der Waals surface area contributed by atoms with Crippen LogP contribution in [0, 0.1) is 0 Å². The molecule has 0 aliphatic heterocycles. The molecule has 0 aliphatic carbocycles. The molecule has 0 saturated heterocycles. The highest BCUT2D eigenvalue weighted by atomic mass is 14.3. The van der Waals surface area contributed by atoms with Crippen LogP contribution >= 0.6 is 0 Å². The van der Waals surface area contributed by atoms with E-state index in [1.54, 1.807) is 0 Å². The Bertz CT molecular complexity index is 9800. The van der Waals surface area contributed by atoms with Gasteiger partial charge in [-0.25, -0.2) is 0 Å². The number of fused-ring (bicyclic) bond motifs is 12. The lowest BCUT2D eigenvalue weighted by Crippen LogP contribution is -1.93. The normalized spacial score (nSPS) is 11.5. The van der Waals surface area contributed by atoms with Crippen molar-refractivity contribution in [3.63, 3.8) is 0 Å². The second-order valence-electron chi connectivity index (χ2n) is 38.0. The van der Waals surface area contributed by atoms with Gasteiger partial charge < -0.3 is 0 Å². The van der Waals surface area contributed by atoms with Crippen molar-refractivity contribution >= 4 is 129 Å². The van der Waals surface area contributed by atoms with Crippen molar-refractivity contribution in [3.05, 3.63) is 570 Å². The van der Waals surface area contributed by atoms with Crippen LogP contribution in [0.25, 0.3) is 274 Å². The Morgan fingerprint density at radius 1 is 0.0625 bits per heavy atom. The van der Waals surface area contributed by atoms with E-state index in [-0.39, 0.29) is 0 Å². The quantitative estimate of drug-likeness (QED) is 0.101. The second-order valence-corrected chi connectivity index (χ2v) is 38.0. The van der Waals surface area contributed by atoms with E-state index in [1.165, 1.54) is 274 Å². The molecule has 144 heavy (non-hydrogen) atoms. The number of rotatable bonds is 13. The summed E-state index contributed by atoms with van der Waals surface area (Å²) >= 11 is 0. The molecule has 0 heterocycles. The summed E-state index contributed by atoms with van der Waals surface area (Å²) in [6, 6.07) is 209. The first-order valence-electron chi connectivity index (χ1n) is 49.9. The number of benzene rings is 28. The van der Waals surface area contributed by atoms with Gasteiger partial charge in [-0.15, -0.1) is 0 Å². The summed E-state index contributed by atoms with van der Waals surface area (Å²) in [5.74, 6) is 0. The fourth-order valence-electron chi connectivity index (χ4n) is 22.4. The standard InChI is InChI=1S/C52H34.2C46H30/c1-3-13-35(14-4-1)44-31-45(36-15-5-2-6-16-36)33-46(32-44)52-48-22-12-11-21-47(48)51(43-26-24-38-18-8-10-20-40(38)30-43)50-34-42(27-28-49(50)52)41-25-23-37-17-7-9-19-39(37)29-41;1-2-11-31(12-3-1)36-17-10-18-39(28-36)45-41-19-8-9-20-42(41)46(40-24-22-33-14-5-7-16-35(33)29-40)44-30-38(25-26-43(44)45)37-23-21-32-13-4-6-15-34(32)27-37;1-2-10-31(11-3-1)34-18-22-35(23-19-34)45-41-16-8-9-17-42(41)46(40-25-21-33-13-5-7-15-37(33)29-40)44-30-39(26-27-43(44)45)38-24-20-32-12-4-6-14-36(32)28-38/h1-34H;2*1-30H. The van der Waals surface area contributed by atoms with E-state index in [9.17, 15) is 0 Å². The van der Waals surface area contributed by atoms with Gasteiger partial charge in [0.25, 0.3) is 0 Å². The van der Waals surface area contributed by atoms with Crippen LogP contribution in [0.4, 0.5) is 0 Å². The molecular formula is C144H94. The molecule has 0 bridgehead atoms. The molecule has 670 valence electrons. The average molecular weight is 1820 g/mol. The third kappa shape index (κ3) is 16.2. The maximum atomic E-state index is 2.43. The van der Waals surface area contributed by atoms with Gasteiger partial charge in [-0.1, -0.05) is 491 Å². The van der Waals surface area contributed by atoms with Gasteiger partial charge in [-0.3, -0.25) is 0 Å². The third-order valence-electron chi connectivity index (χ3n) is 29.4. The predicted octanol–water partition coefficient (Wildman–Crippen LogP) is 40.6.